The predicted octanol–water partition coefficient (Wildman–Crippen LogP) is 1.71. The molecule has 0 bridgehead atoms. The van der Waals surface area contributed by atoms with E-state index in [-0.39, 0.29) is 17.6 Å². The second kappa shape index (κ2) is 5.11. The van der Waals surface area contributed by atoms with Crippen LogP contribution in [0.3, 0.4) is 0 Å². The zero-order valence-electron chi connectivity index (χ0n) is 8.80. The quantitative estimate of drug-likeness (QED) is 0.757. The van der Waals surface area contributed by atoms with Gasteiger partial charge in [-0.2, -0.15) is 0 Å². The molecule has 0 saturated carbocycles. The van der Waals surface area contributed by atoms with E-state index in [1.165, 1.54) is 6.92 Å². The minimum atomic E-state index is -1.20. The molecular formula is C12H12O4. The van der Waals surface area contributed by atoms with Crippen LogP contribution in [0.4, 0.5) is 0 Å². The Hall–Kier alpha value is -2.10. The van der Waals surface area contributed by atoms with E-state index >= 15 is 0 Å². The fourth-order valence-electron chi connectivity index (χ4n) is 1.30. The molecule has 0 fully saturated rings. The zero-order chi connectivity index (χ0) is 12.1. The van der Waals surface area contributed by atoms with Crippen LogP contribution in [0.25, 0.3) is 0 Å². The third kappa shape index (κ3) is 2.95. The molecule has 0 aromatic heterocycles. The summed E-state index contributed by atoms with van der Waals surface area (Å²) in [7, 11) is 0. The second-order valence-electron chi connectivity index (χ2n) is 3.38. The van der Waals surface area contributed by atoms with Crippen molar-refractivity contribution in [3.63, 3.8) is 0 Å². The Balaban J connectivity index is 3.03. The van der Waals surface area contributed by atoms with Crippen molar-refractivity contribution in [3.05, 3.63) is 47.0 Å². The van der Waals surface area contributed by atoms with Crippen molar-refractivity contribution in [2.45, 2.75) is 13.3 Å². The first kappa shape index (κ1) is 12.0. The molecule has 1 aromatic carbocycles. The van der Waals surface area contributed by atoms with E-state index < -0.39 is 11.9 Å². The normalized spacial score (nSPS) is 11.8. The summed E-state index contributed by atoms with van der Waals surface area (Å²) in [5.74, 6) is -2.39. The first-order chi connectivity index (χ1) is 7.52. The fraction of sp³-hybridized carbons (Fsp3) is 0.167. The van der Waals surface area contributed by atoms with Gasteiger partial charge in [0.1, 0.15) is 0 Å². The molecule has 0 heterocycles. The van der Waals surface area contributed by atoms with Crippen LogP contribution in [0.15, 0.2) is 41.5 Å². The first-order valence-electron chi connectivity index (χ1n) is 4.72. The van der Waals surface area contributed by atoms with Gasteiger partial charge in [-0.25, -0.2) is 9.59 Å². The van der Waals surface area contributed by atoms with Gasteiger partial charge in [-0.3, -0.25) is 0 Å². The van der Waals surface area contributed by atoms with Gasteiger partial charge in [0.15, 0.2) is 0 Å². The number of hydrogen-bond donors (Lipinski definition) is 2. The molecule has 0 amide bonds. The molecule has 0 saturated heterocycles. The Morgan fingerprint density at radius 1 is 1.06 bits per heavy atom. The number of benzene rings is 1. The van der Waals surface area contributed by atoms with E-state index in [0.717, 1.165) is 5.56 Å². The average molecular weight is 220 g/mol. The molecule has 0 spiro atoms. The molecular weight excluding hydrogens is 208 g/mol. The van der Waals surface area contributed by atoms with Crippen LogP contribution in [0.1, 0.15) is 12.5 Å². The monoisotopic (exact) mass is 220 g/mol. The molecule has 0 unspecified atom stereocenters. The van der Waals surface area contributed by atoms with Gasteiger partial charge in [0.2, 0.25) is 0 Å². The molecule has 4 nitrogen and oxygen atoms in total. The van der Waals surface area contributed by atoms with Crippen molar-refractivity contribution < 1.29 is 19.8 Å². The van der Waals surface area contributed by atoms with Crippen molar-refractivity contribution in [2.75, 3.05) is 0 Å². The van der Waals surface area contributed by atoms with E-state index in [4.69, 9.17) is 10.2 Å². The largest absolute Gasteiger partial charge is 0.478 e. The van der Waals surface area contributed by atoms with Gasteiger partial charge in [0.25, 0.3) is 0 Å². The van der Waals surface area contributed by atoms with E-state index in [1.54, 1.807) is 24.3 Å². The summed E-state index contributed by atoms with van der Waals surface area (Å²) in [5, 5.41) is 17.7. The summed E-state index contributed by atoms with van der Waals surface area (Å²) >= 11 is 0. The van der Waals surface area contributed by atoms with Crippen LogP contribution in [0.5, 0.6) is 0 Å². The number of rotatable bonds is 4. The van der Waals surface area contributed by atoms with Crippen LogP contribution < -0.4 is 0 Å². The topological polar surface area (TPSA) is 74.6 Å². The van der Waals surface area contributed by atoms with E-state index in [0.29, 0.717) is 0 Å². The van der Waals surface area contributed by atoms with E-state index in [1.807, 2.05) is 6.07 Å². The highest BCUT2D eigenvalue weighted by Crippen LogP contribution is 2.12. The molecule has 84 valence electrons. The molecule has 1 rings (SSSR count). The van der Waals surface area contributed by atoms with Gasteiger partial charge in [-0.15, -0.1) is 0 Å². The summed E-state index contributed by atoms with van der Waals surface area (Å²) in [6, 6.07) is 8.91. The third-order valence-electron chi connectivity index (χ3n) is 2.26. The lowest BCUT2D eigenvalue weighted by atomic mass is 10.0. The Kier molecular flexibility index (Phi) is 3.83. The highest BCUT2D eigenvalue weighted by atomic mass is 16.4. The van der Waals surface area contributed by atoms with Crippen molar-refractivity contribution >= 4 is 11.9 Å². The van der Waals surface area contributed by atoms with Gasteiger partial charge in [-0.1, -0.05) is 30.3 Å². The van der Waals surface area contributed by atoms with Crippen LogP contribution in [0.2, 0.25) is 0 Å². The summed E-state index contributed by atoms with van der Waals surface area (Å²) in [5.41, 5.74) is 0.565. The van der Waals surface area contributed by atoms with Gasteiger partial charge < -0.3 is 10.2 Å². The minimum absolute atomic E-state index is 0.0845. The van der Waals surface area contributed by atoms with E-state index in [9.17, 15) is 9.59 Å². The molecule has 0 aliphatic rings. The maximum atomic E-state index is 10.9. The minimum Gasteiger partial charge on any atom is -0.478 e. The number of aliphatic carboxylic acids is 2. The summed E-state index contributed by atoms with van der Waals surface area (Å²) in [6.07, 6.45) is 0.119. The molecule has 4 heteroatoms. The maximum Gasteiger partial charge on any atom is 0.332 e. The average Bonchev–Trinajstić information content (AvgIpc) is 2.26. The highest BCUT2D eigenvalue weighted by molar-refractivity contribution is 5.98. The molecule has 0 aliphatic carbocycles. The maximum absolute atomic E-state index is 10.9. The van der Waals surface area contributed by atoms with E-state index in [2.05, 4.69) is 0 Å². The van der Waals surface area contributed by atoms with Crippen LogP contribution in [-0.2, 0) is 16.0 Å². The van der Waals surface area contributed by atoms with Crippen LogP contribution >= 0.6 is 0 Å². The first-order valence-corrected chi connectivity index (χ1v) is 4.72. The Labute approximate surface area is 92.8 Å². The summed E-state index contributed by atoms with van der Waals surface area (Å²) in [4.78, 5) is 21.6. The smallest absolute Gasteiger partial charge is 0.332 e. The number of carbonyl (C=O) groups is 2. The Morgan fingerprint density at radius 2 is 1.62 bits per heavy atom. The molecule has 2 N–H and O–H groups in total. The molecule has 0 radical (unpaired) electrons. The number of carboxylic acids is 2. The molecule has 16 heavy (non-hydrogen) atoms. The predicted molar refractivity (Wildman–Crippen MR) is 58.1 cm³/mol. The van der Waals surface area contributed by atoms with Crippen molar-refractivity contribution in [1.29, 1.82) is 0 Å². The van der Waals surface area contributed by atoms with Crippen molar-refractivity contribution in [2.24, 2.45) is 0 Å². The second-order valence-corrected chi connectivity index (χ2v) is 3.38. The van der Waals surface area contributed by atoms with Gasteiger partial charge in [0.05, 0.1) is 5.57 Å². The molecule has 0 aliphatic heterocycles. The van der Waals surface area contributed by atoms with Gasteiger partial charge in [-0.05, 0) is 12.5 Å². The number of carboxylic acid groups (broad SMARTS) is 2. The lowest BCUT2D eigenvalue weighted by molar-refractivity contribution is -0.136. The molecule has 1 aromatic rings. The van der Waals surface area contributed by atoms with Gasteiger partial charge >= 0.3 is 11.9 Å². The third-order valence-corrected chi connectivity index (χ3v) is 2.26. The Morgan fingerprint density at radius 3 is 2.06 bits per heavy atom. The van der Waals surface area contributed by atoms with Crippen LogP contribution in [-0.4, -0.2) is 22.2 Å². The van der Waals surface area contributed by atoms with Gasteiger partial charge in [0, 0.05) is 12.0 Å². The Bertz CT molecular complexity index is 432. The van der Waals surface area contributed by atoms with Crippen molar-refractivity contribution in [3.8, 4) is 0 Å². The summed E-state index contributed by atoms with van der Waals surface area (Å²) in [6.45, 7) is 1.30. The molecule has 0 atom stereocenters. The zero-order valence-corrected chi connectivity index (χ0v) is 8.80. The van der Waals surface area contributed by atoms with Crippen molar-refractivity contribution in [1.82, 2.24) is 0 Å². The standard InChI is InChI=1S/C12H12O4/c1-8(11(13)14)10(12(15)16)7-9-5-3-2-4-6-9/h2-6H,7H2,1H3,(H,13,14)(H,15,16)/b10-8-. The number of hydrogen-bond acceptors (Lipinski definition) is 2. The summed E-state index contributed by atoms with van der Waals surface area (Å²) < 4.78 is 0. The van der Waals surface area contributed by atoms with Crippen LogP contribution in [0, 0.1) is 0 Å². The highest BCUT2D eigenvalue weighted by Gasteiger charge is 2.16. The fourth-order valence-corrected chi connectivity index (χ4v) is 1.30. The lowest BCUT2D eigenvalue weighted by Crippen LogP contribution is -2.11. The lowest BCUT2D eigenvalue weighted by Gasteiger charge is -2.05. The SMILES string of the molecule is C/C(C(=O)O)=C(\Cc1ccccc1)C(=O)O.